The second-order valence-electron chi connectivity index (χ2n) is 4.29. The van der Waals surface area contributed by atoms with Gasteiger partial charge in [0.1, 0.15) is 5.82 Å². The van der Waals surface area contributed by atoms with Crippen molar-refractivity contribution in [1.29, 1.82) is 0 Å². The van der Waals surface area contributed by atoms with Crippen LogP contribution in [0.2, 0.25) is 0 Å². The van der Waals surface area contributed by atoms with Crippen molar-refractivity contribution in [3.8, 4) is 0 Å². The normalized spacial score (nSPS) is 10.8. The van der Waals surface area contributed by atoms with Crippen LogP contribution in [-0.4, -0.2) is 9.78 Å². The fraction of sp³-hybridized carbons (Fsp3) is 0.357. The zero-order valence-electron chi connectivity index (χ0n) is 10.5. The van der Waals surface area contributed by atoms with Gasteiger partial charge in [0, 0.05) is 5.69 Å². The van der Waals surface area contributed by atoms with Crippen LogP contribution in [0, 0.1) is 19.7 Å². The standard InChI is InChI=1S/C14H17FN2/c1-4-14-10(2)16-17(11(14)3)9-12-5-7-13(15)8-6-12/h5-8H,4,9H2,1-3H3. The van der Waals surface area contributed by atoms with Crippen molar-refractivity contribution in [1.82, 2.24) is 9.78 Å². The molecular weight excluding hydrogens is 215 g/mol. The van der Waals surface area contributed by atoms with E-state index in [4.69, 9.17) is 0 Å². The summed E-state index contributed by atoms with van der Waals surface area (Å²) < 4.78 is 14.8. The van der Waals surface area contributed by atoms with Crippen LogP contribution in [0.4, 0.5) is 4.39 Å². The molecule has 0 spiro atoms. The number of hydrogen-bond acceptors (Lipinski definition) is 1. The van der Waals surface area contributed by atoms with Gasteiger partial charge in [-0.3, -0.25) is 4.68 Å². The first kappa shape index (κ1) is 11.8. The van der Waals surface area contributed by atoms with Gasteiger partial charge in [0.2, 0.25) is 0 Å². The maximum absolute atomic E-state index is 12.8. The molecule has 0 aliphatic heterocycles. The highest BCUT2D eigenvalue weighted by molar-refractivity contribution is 5.25. The topological polar surface area (TPSA) is 17.8 Å². The van der Waals surface area contributed by atoms with Gasteiger partial charge in [-0.2, -0.15) is 5.10 Å². The highest BCUT2D eigenvalue weighted by Gasteiger charge is 2.09. The van der Waals surface area contributed by atoms with E-state index in [1.54, 1.807) is 12.1 Å². The molecule has 0 radical (unpaired) electrons. The van der Waals surface area contributed by atoms with Crippen LogP contribution in [0.1, 0.15) is 29.4 Å². The molecule has 2 rings (SSSR count). The Morgan fingerprint density at radius 1 is 1.18 bits per heavy atom. The molecule has 0 fully saturated rings. The highest BCUT2D eigenvalue weighted by Crippen LogP contribution is 2.15. The van der Waals surface area contributed by atoms with Gasteiger partial charge < -0.3 is 0 Å². The molecule has 0 atom stereocenters. The van der Waals surface area contributed by atoms with Gasteiger partial charge in [0.25, 0.3) is 0 Å². The van der Waals surface area contributed by atoms with E-state index in [-0.39, 0.29) is 5.82 Å². The summed E-state index contributed by atoms with van der Waals surface area (Å²) in [6, 6.07) is 6.58. The van der Waals surface area contributed by atoms with E-state index in [0.29, 0.717) is 6.54 Å². The molecule has 0 N–H and O–H groups in total. The minimum Gasteiger partial charge on any atom is -0.265 e. The second kappa shape index (κ2) is 4.70. The summed E-state index contributed by atoms with van der Waals surface area (Å²) in [5, 5.41) is 4.52. The molecule has 90 valence electrons. The zero-order valence-corrected chi connectivity index (χ0v) is 10.5. The predicted octanol–water partition coefficient (Wildman–Crippen LogP) is 3.25. The summed E-state index contributed by atoms with van der Waals surface area (Å²) in [6.45, 7) is 6.96. The van der Waals surface area contributed by atoms with Crippen molar-refractivity contribution < 1.29 is 4.39 Å². The van der Waals surface area contributed by atoms with E-state index < -0.39 is 0 Å². The molecule has 0 aliphatic rings. The average molecular weight is 232 g/mol. The lowest BCUT2D eigenvalue weighted by atomic mass is 10.1. The minimum atomic E-state index is -0.198. The molecule has 1 heterocycles. The third kappa shape index (κ3) is 2.38. The minimum absolute atomic E-state index is 0.198. The van der Waals surface area contributed by atoms with Gasteiger partial charge in [0.05, 0.1) is 12.2 Å². The summed E-state index contributed by atoms with van der Waals surface area (Å²) in [6.07, 6.45) is 1.00. The Kier molecular flexibility index (Phi) is 3.27. The van der Waals surface area contributed by atoms with Gasteiger partial charge in [0.15, 0.2) is 0 Å². The monoisotopic (exact) mass is 232 g/mol. The lowest BCUT2D eigenvalue weighted by molar-refractivity contribution is 0.622. The third-order valence-electron chi connectivity index (χ3n) is 3.13. The van der Waals surface area contributed by atoms with Gasteiger partial charge in [-0.15, -0.1) is 0 Å². The van der Waals surface area contributed by atoms with Crippen molar-refractivity contribution in [2.24, 2.45) is 0 Å². The van der Waals surface area contributed by atoms with Crippen LogP contribution >= 0.6 is 0 Å². The van der Waals surface area contributed by atoms with Crippen LogP contribution < -0.4 is 0 Å². The van der Waals surface area contributed by atoms with Crippen molar-refractivity contribution in [3.63, 3.8) is 0 Å². The smallest absolute Gasteiger partial charge is 0.123 e. The number of nitrogens with zero attached hydrogens (tertiary/aromatic N) is 2. The lowest BCUT2D eigenvalue weighted by Crippen LogP contribution is -2.04. The van der Waals surface area contributed by atoms with E-state index in [1.165, 1.54) is 23.4 Å². The van der Waals surface area contributed by atoms with Gasteiger partial charge in [-0.05, 0) is 43.5 Å². The van der Waals surface area contributed by atoms with Crippen LogP contribution in [-0.2, 0) is 13.0 Å². The fourth-order valence-electron chi connectivity index (χ4n) is 2.16. The molecule has 0 saturated heterocycles. The molecule has 0 saturated carbocycles. The number of aryl methyl sites for hydroxylation is 1. The van der Waals surface area contributed by atoms with E-state index in [2.05, 4.69) is 18.9 Å². The molecule has 3 heteroatoms. The highest BCUT2D eigenvalue weighted by atomic mass is 19.1. The summed E-state index contributed by atoms with van der Waals surface area (Å²) in [7, 11) is 0. The van der Waals surface area contributed by atoms with E-state index >= 15 is 0 Å². The Bertz CT molecular complexity index is 512. The molecule has 0 bridgehead atoms. The first-order valence-corrected chi connectivity index (χ1v) is 5.89. The number of halogens is 1. The van der Waals surface area contributed by atoms with Crippen LogP contribution in [0.5, 0.6) is 0 Å². The summed E-state index contributed by atoms with van der Waals surface area (Å²) in [4.78, 5) is 0. The molecule has 0 amide bonds. The molecule has 17 heavy (non-hydrogen) atoms. The summed E-state index contributed by atoms with van der Waals surface area (Å²) in [5.41, 5.74) is 4.67. The van der Waals surface area contributed by atoms with E-state index in [1.807, 2.05) is 11.6 Å². The van der Waals surface area contributed by atoms with Crippen molar-refractivity contribution in [2.45, 2.75) is 33.7 Å². The largest absolute Gasteiger partial charge is 0.265 e. The Morgan fingerprint density at radius 2 is 1.82 bits per heavy atom. The Labute approximate surface area is 101 Å². The number of aromatic nitrogens is 2. The van der Waals surface area contributed by atoms with Crippen LogP contribution in [0.3, 0.4) is 0 Å². The first-order chi connectivity index (χ1) is 8.11. The van der Waals surface area contributed by atoms with E-state index in [9.17, 15) is 4.39 Å². The number of hydrogen-bond donors (Lipinski definition) is 0. The molecule has 2 nitrogen and oxygen atoms in total. The van der Waals surface area contributed by atoms with Gasteiger partial charge in [-0.1, -0.05) is 19.1 Å². The Morgan fingerprint density at radius 3 is 2.35 bits per heavy atom. The second-order valence-corrected chi connectivity index (χ2v) is 4.29. The van der Waals surface area contributed by atoms with Crippen molar-refractivity contribution in [2.75, 3.05) is 0 Å². The summed E-state index contributed by atoms with van der Waals surface area (Å²) in [5.74, 6) is -0.198. The quantitative estimate of drug-likeness (QED) is 0.794. The van der Waals surface area contributed by atoms with Crippen molar-refractivity contribution in [3.05, 3.63) is 52.6 Å². The fourth-order valence-corrected chi connectivity index (χ4v) is 2.16. The molecular formula is C14H17FN2. The molecule has 1 aromatic carbocycles. The van der Waals surface area contributed by atoms with E-state index in [0.717, 1.165) is 17.7 Å². The molecule has 1 aromatic heterocycles. The Hall–Kier alpha value is -1.64. The van der Waals surface area contributed by atoms with Gasteiger partial charge >= 0.3 is 0 Å². The van der Waals surface area contributed by atoms with Crippen molar-refractivity contribution >= 4 is 0 Å². The first-order valence-electron chi connectivity index (χ1n) is 5.89. The maximum atomic E-state index is 12.8. The molecule has 0 unspecified atom stereocenters. The van der Waals surface area contributed by atoms with Crippen LogP contribution in [0.15, 0.2) is 24.3 Å². The Balaban J connectivity index is 2.27. The predicted molar refractivity (Wildman–Crippen MR) is 66.6 cm³/mol. The summed E-state index contributed by atoms with van der Waals surface area (Å²) >= 11 is 0. The molecule has 0 aliphatic carbocycles. The third-order valence-corrected chi connectivity index (χ3v) is 3.13. The average Bonchev–Trinajstić information content (AvgIpc) is 2.57. The maximum Gasteiger partial charge on any atom is 0.123 e. The SMILES string of the molecule is CCc1c(C)nn(Cc2ccc(F)cc2)c1C. The van der Waals surface area contributed by atoms with Crippen LogP contribution in [0.25, 0.3) is 0 Å². The number of benzene rings is 1. The lowest BCUT2D eigenvalue weighted by Gasteiger charge is -2.05. The molecule has 2 aromatic rings. The zero-order chi connectivity index (χ0) is 12.4. The van der Waals surface area contributed by atoms with Gasteiger partial charge in [-0.25, -0.2) is 4.39 Å². The number of rotatable bonds is 3.